The van der Waals surface area contributed by atoms with E-state index in [0.717, 1.165) is 35.3 Å². The molecule has 3 rings (SSSR count). The van der Waals surface area contributed by atoms with Gasteiger partial charge in [0.1, 0.15) is 0 Å². The molecule has 0 spiro atoms. The molecule has 124 valence electrons. The molecule has 1 saturated carbocycles. The van der Waals surface area contributed by atoms with Gasteiger partial charge in [0.25, 0.3) is 0 Å². The second-order valence-corrected chi connectivity index (χ2v) is 8.48. The number of hydrogen-bond donors (Lipinski definition) is 2. The molecule has 23 heavy (non-hydrogen) atoms. The van der Waals surface area contributed by atoms with E-state index in [1.165, 1.54) is 0 Å². The SMILES string of the molecule is CC1(C)CCC2SC(c3ccc(CON)cc3)=C(C(=O)O)C2C1. The summed E-state index contributed by atoms with van der Waals surface area (Å²) in [5, 5.41) is 10.2. The number of nitrogens with two attached hydrogens (primary N) is 1. The third-order valence-corrected chi connectivity index (χ3v) is 6.47. The van der Waals surface area contributed by atoms with Crippen LogP contribution in [0.4, 0.5) is 0 Å². The summed E-state index contributed by atoms with van der Waals surface area (Å²) in [6.45, 7) is 4.84. The lowest BCUT2D eigenvalue weighted by Gasteiger charge is -2.37. The summed E-state index contributed by atoms with van der Waals surface area (Å²) in [6, 6.07) is 7.84. The zero-order valence-corrected chi connectivity index (χ0v) is 14.4. The molecule has 2 aliphatic rings. The Morgan fingerprint density at radius 3 is 2.70 bits per heavy atom. The summed E-state index contributed by atoms with van der Waals surface area (Å²) in [6.07, 6.45) is 3.20. The maximum absolute atomic E-state index is 11.9. The highest BCUT2D eigenvalue weighted by molar-refractivity contribution is 8.09. The molecule has 4 nitrogen and oxygen atoms in total. The summed E-state index contributed by atoms with van der Waals surface area (Å²) < 4.78 is 0. The van der Waals surface area contributed by atoms with Crippen LogP contribution in [0.2, 0.25) is 0 Å². The fourth-order valence-corrected chi connectivity index (χ4v) is 5.28. The molecule has 1 heterocycles. The van der Waals surface area contributed by atoms with Crippen LogP contribution in [0, 0.1) is 11.3 Å². The number of fused-ring (bicyclic) bond motifs is 1. The van der Waals surface area contributed by atoms with E-state index in [1.54, 1.807) is 11.8 Å². The van der Waals surface area contributed by atoms with Gasteiger partial charge in [-0.15, -0.1) is 11.8 Å². The zero-order chi connectivity index (χ0) is 16.6. The van der Waals surface area contributed by atoms with Crippen LogP contribution in [0.15, 0.2) is 29.8 Å². The van der Waals surface area contributed by atoms with E-state index in [2.05, 4.69) is 18.7 Å². The summed E-state index contributed by atoms with van der Waals surface area (Å²) in [4.78, 5) is 17.5. The van der Waals surface area contributed by atoms with Gasteiger partial charge in [-0.3, -0.25) is 4.84 Å². The summed E-state index contributed by atoms with van der Waals surface area (Å²) in [5.74, 6) is 4.48. The number of benzene rings is 1. The number of carboxylic acid groups (broad SMARTS) is 1. The normalized spacial score (nSPS) is 26.2. The maximum Gasteiger partial charge on any atom is 0.333 e. The minimum atomic E-state index is -0.771. The first-order chi connectivity index (χ1) is 10.9. The van der Waals surface area contributed by atoms with Crippen molar-refractivity contribution in [2.75, 3.05) is 0 Å². The van der Waals surface area contributed by atoms with Crippen LogP contribution >= 0.6 is 11.8 Å². The quantitative estimate of drug-likeness (QED) is 0.820. The third kappa shape index (κ3) is 3.32. The standard InChI is InChI=1S/C18H23NO3S/c1-18(2)8-7-14-13(9-18)15(17(20)21)16(23-14)12-5-3-11(4-6-12)10-22-19/h3-6,13-14H,7-10,19H2,1-2H3,(H,20,21). The van der Waals surface area contributed by atoms with E-state index in [9.17, 15) is 9.90 Å². The Morgan fingerprint density at radius 2 is 2.09 bits per heavy atom. The molecule has 0 radical (unpaired) electrons. The molecule has 0 amide bonds. The van der Waals surface area contributed by atoms with E-state index in [0.29, 0.717) is 17.4 Å². The van der Waals surface area contributed by atoms with Gasteiger partial charge in [-0.05, 0) is 35.8 Å². The molecule has 1 aromatic carbocycles. The van der Waals surface area contributed by atoms with E-state index in [4.69, 9.17) is 5.90 Å². The molecule has 5 heteroatoms. The van der Waals surface area contributed by atoms with Gasteiger partial charge in [0.15, 0.2) is 0 Å². The van der Waals surface area contributed by atoms with Gasteiger partial charge in [-0.1, -0.05) is 38.1 Å². The number of thioether (sulfide) groups is 1. The van der Waals surface area contributed by atoms with E-state index in [-0.39, 0.29) is 11.3 Å². The van der Waals surface area contributed by atoms with Crippen LogP contribution in [0.5, 0.6) is 0 Å². The molecule has 1 aliphatic heterocycles. The van der Waals surface area contributed by atoms with Gasteiger partial charge in [-0.25, -0.2) is 10.7 Å². The number of carbonyl (C=O) groups is 1. The van der Waals surface area contributed by atoms with Gasteiger partial charge < -0.3 is 5.11 Å². The molecule has 1 aromatic rings. The second kappa shape index (κ2) is 6.30. The Balaban J connectivity index is 1.95. The molecule has 3 N–H and O–H groups in total. The Kier molecular flexibility index (Phi) is 4.54. The first-order valence-electron chi connectivity index (χ1n) is 7.96. The average Bonchev–Trinajstić information content (AvgIpc) is 2.85. The Labute approximate surface area is 141 Å². The lowest BCUT2D eigenvalue weighted by Crippen LogP contribution is -2.32. The monoisotopic (exact) mass is 333 g/mol. The molecule has 2 unspecified atom stereocenters. The Bertz CT molecular complexity index is 636. The lowest BCUT2D eigenvalue weighted by molar-refractivity contribution is -0.133. The molecule has 2 atom stereocenters. The molecule has 1 fully saturated rings. The highest BCUT2D eigenvalue weighted by Gasteiger charge is 2.45. The smallest absolute Gasteiger partial charge is 0.333 e. The van der Waals surface area contributed by atoms with Crippen molar-refractivity contribution in [1.82, 2.24) is 0 Å². The molecular formula is C18H23NO3S. The Hall–Kier alpha value is -1.30. The molecule has 0 aromatic heterocycles. The van der Waals surface area contributed by atoms with Crippen molar-refractivity contribution < 1.29 is 14.7 Å². The van der Waals surface area contributed by atoms with E-state index in [1.807, 2.05) is 24.3 Å². The average molecular weight is 333 g/mol. The van der Waals surface area contributed by atoms with E-state index < -0.39 is 5.97 Å². The van der Waals surface area contributed by atoms with Gasteiger partial charge >= 0.3 is 5.97 Å². The minimum Gasteiger partial charge on any atom is -0.478 e. The molecule has 1 aliphatic carbocycles. The van der Waals surface area contributed by atoms with Gasteiger partial charge in [0.2, 0.25) is 0 Å². The van der Waals surface area contributed by atoms with Gasteiger partial charge in [0.05, 0.1) is 12.2 Å². The van der Waals surface area contributed by atoms with Crippen molar-refractivity contribution in [2.24, 2.45) is 17.2 Å². The number of carboxylic acids is 1. The molecular weight excluding hydrogens is 310 g/mol. The van der Waals surface area contributed by atoms with Crippen LogP contribution in [-0.4, -0.2) is 16.3 Å². The van der Waals surface area contributed by atoms with Crippen LogP contribution < -0.4 is 5.90 Å². The van der Waals surface area contributed by atoms with Crippen molar-refractivity contribution >= 4 is 22.6 Å². The number of hydrogen-bond acceptors (Lipinski definition) is 4. The van der Waals surface area contributed by atoms with Crippen molar-refractivity contribution in [3.05, 3.63) is 41.0 Å². The van der Waals surface area contributed by atoms with Crippen molar-refractivity contribution in [3.63, 3.8) is 0 Å². The maximum atomic E-state index is 11.9. The van der Waals surface area contributed by atoms with Crippen molar-refractivity contribution in [3.8, 4) is 0 Å². The predicted octanol–water partition coefficient (Wildman–Crippen LogP) is 3.81. The second-order valence-electron chi connectivity index (χ2n) is 7.23. The van der Waals surface area contributed by atoms with Crippen LogP contribution in [-0.2, 0) is 16.2 Å². The van der Waals surface area contributed by atoms with Crippen LogP contribution in [0.3, 0.4) is 0 Å². The lowest BCUT2D eigenvalue weighted by atomic mass is 9.69. The fourth-order valence-electron chi connectivity index (χ4n) is 3.70. The van der Waals surface area contributed by atoms with Crippen LogP contribution in [0.1, 0.15) is 44.2 Å². The van der Waals surface area contributed by atoms with Gasteiger partial charge in [0, 0.05) is 16.1 Å². The minimum absolute atomic E-state index is 0.156. The van der Waals surface area contributed by atoms with Crippen molar-refractivity contribution in [2.45, 2.75) is 45.0 Å². The topological polar surface area (TPSA) is 72.5 Å². The number of rotatable bonds is 4. The van der Waals surface area contributed by atoms with Gasteiger partial charge in [-0.2, -0.15) is 0 Å². The zero-order valence-electron chi connectivity index (χ0n) is 13.5. The third-order valence-electron chi connectivity index (χ3n) is 4.91. The Morgan fingerprint density at radius 1 is 1.39 bits per heavy atom. The largest absolute Gasteiger partial charge is 0.478 e. The van der Waals surface area contributed by atoms with Crippen LogP contribution in [0.25, 0.3) is 4.91 Å². The highest BCUT2D eigenvalue weighted by atomic mass is 32.2. The predicted molar refractivity (Wildman–Crippen MR) is 92.5 cm³/mol. The summed E-state index contributed by atoms with van der Waals surface area (Å²) in [7, 11) is 0. The highest BCUT2D eigenvalue weighted by Crippen LogP contribution is 2.56. The summed E-state index contributed by atoms with van der Waals surface area (Å²) >= 11 is 1.75. The first-order valence-corrected chi connectivity index (χ1v) is 8.84. The first kappa shape index (κ1) is 16.6. The molecule has 0 bridgehead atoms. The van der Waals surface area contributed by atoms with Crippen molar-refractivity contribution in [1.29, 1.82) is 0 Å². The number of aliphatic carboxylic acids is 1. The van der Waals surface area contributed by atoms with E-state index >= 15 is 0 Å². The molecule has 0 saturated heterocycles. The summed E-state index contributed by atoms with van der Waals surface area (Å²) in [5.41, 5.74) is 2.80. The fraction of sp³-hybridized carbons (Fsp3) is 0.500.